The van der Waals surface area contributed by atoms with Crippen molar-refractivity contribution in [2.75, 3.05) is 19.5 Å². The summed E-state index contributed by atoms with van der Waals surface area (Å²) in [5.41, 5.74) is 5.81. The van der Waals surface area contributed by atoms with Crippen LogP contribution in [0.5, 0.6) is 0 Å². The van der Waals surface area contributed by atoms with Gasteiger partial charge in [0.2, 0.25) is 0 Å². The summed E-state index contributed by atoms with van der Waals surface area (Å²) in [5, 5.41) is 0.372. The molecule has 0 amide bonds. The van der Waals surface area contributed by atoms with Gasteiger partial charge >= 0.3 is 0 Å². The number of hydrogen-bond acceptors (Lipinski definition) is 3. The third-order valence-corrected chi connectivity index (χ3v) is 4.95. The number of methoxy groups -OCH3 is 1. The number of rotatable bonds is 5. The summed E-state index contributed by atoms with van der Waals surface area (Å²) in [7, 11) is 0.867. The molecule has 0 aromatic carbocycles. The first-order valence-corrected chi connectivity index (χ1v) is 7.13. The molecule has 1 rings (SSSR count). The van der Waals surface area contributed by atoms with E-state index in [-0.39, 0.29) is 6.04 Å². The molecule has 0 aromatic rings. The van der Waals surface area contributed by atoms with Crippen LogP contribution >= 0.6 is 0 Å². The van der Waals surface area contributed by atoms with Crippen LogP contribution in [0.4, 0.5) is 0 Å². The molecule has 90 valence electrons. The normalized spacial score (nSPS) is 31.1. The van der Waals surface area contributed by atoms with Crippen molar-refractivity contribution in [1.82, 2.24) is 0 Å². The Balaban J connectivity index is 2.32. The van der Waals surface area contributed by atoms with Crippen LogP contribution in [-0.2, 0) is 15.5 Å². The maximum Gasteiger partial charge on any atom is 0.0622 e. The first-order valence-electron chi connectivity index (χ1n) is 5.75. The van der Waals surface area contributed by atoms with Gasteiger partial charge in [0.1, 0.15) is 0 Å². The van der Waals surface area contributed by atoms with Gasteiger partial charge in [-0.2, -0.15) is 0 Å². The average Bonchev–Trinajstić information content (AvgIpc) is 2.18. The van der Waals surface area contributed by atoms with E-state index in [1.54, 1.807) is 7.11 Å². The lowest BCUT2D eigenvalue weighted by Gasteiger charge is -2.26. The van der Waals surface area contributed by atoms with E-state index in [4.69, 9.17) is 10.5 Å². The molecule has 2 N–H and O–H groups in total. The first-order chi connectivity index (χ1) is 7.13. The monoisotopic (exact) mass is 233 g/mol. The number of ether oxygens (including phenoxy) is 1. The zero-order valence-electron chi connectivity index (χ0n) is 9.78. The highest BCUT2D eigenvalue weighted by molar-refractivity contribution is 7.85. The Morgan fingerprint density at radius 3 is 2.87 bits per heavy atom. The van der Waals surface area contributed by atoms with E-state index in [1.165, 1.54) is 12.8 Å². The van der Waals surface area contributed by atoms with Crippen LogP contribution in [0.15, 0.2) is 0 Å². The second-order valence-electron chi connectivity index (χ2n) is 4.66. The van der Waals surface area contributed by atoms with Gasteiger partial charge in [-0.15, -0.1) is 0 Å². The molecule has 0 aliphatic heterocycles. The minimum atomic E-state index is -0.764. The summed E-state index contributed by atoms with van der Waals surface area (Å²) >= 11 is 0. The van der Waals surface area contributed by atoms with Gasteiger partial charge in [0.25, 0.3) is 0 Å². The second-order valence-corrected chi connectivity index (χ2v) is 6.42. The molecule has 3 nitrogen and oxygen atoms in total. The van der Waals surface area contributed by atoms with E-state index in [0.717, 1.165) is 18.8 Å². The van der Waals surface area contributed by atoms with Gasteiger partial charge in [-0.1, -0.05) is 19.8 Å². The summed E-state index contributed by atoms with van der Waals surface area (Å²) in [6.07, 6.45) is 4.72. The molecule has 1 fully saturated rings. The molecule has 0 heterocycles. The van der Waals surface area contributed by atoms with Crippen molar-refractivity contribution in [2.45, 2.75) is 43.9 Å². The van der Waals surface area contributed by atoms with Gasteiger partial charge in [-0.3, -0.25) is 4.21 Å². The number of nitrogens with two attached hydrogens (primary N) is 1. The summed E-state index contributed by atoms with van der Waals surface area (Å²) in [6, 6.07) is -0.0759. The van der Waals surface area contributed by atoms with E-state index >= 15 is 0 Å². The summed E-state index contributed by atoms with van der Waals surface area (Å²) in [6.45, 7) is 2.76. The third-order valence-electron chi connectivity index (χ3n) is 3.02. The molecule has 4 heteroatoms. The quantitative estimate of drug-likeness (QED) is 0.778. The molecule has 0 saturated heterocycles. The molecule has 4 atom stereocenters. The van der Waals surface area contributed by atoms with E-state index in [2.05, 4.69) is 6.92 Å². The topological polar surface area (TPSA) is 52.3 Å². The Bertz CT molecular complexity index is 211. The SMILES string of the molecule is COCC(N)CS(=O)C1CCCC(C)C1. The highest BCUT2D eigenvalue weighted by Crippen LogP contribution is 2.27. The van der Waals surface area contributed by atoms with Gasteiger partial charge in [0.15, 0.2) is 0 Å². The molecule has 0 spiro atoms. The zero-order chi connectivity index (χ0) is 11.3. The van der Waals surface area contributed by atoms with Crippen molar-refractivity contribution in [1.29, 1.82) is 0 Å². The average molecular weight is 233 g/mol. The van der Waals surface area contributed by atoms with Gasteiger partial charge in [0, 0.05) is 35.0 Å². The van der Waals surface area contributed by atoms with Crippen LogP contribution in [0.3, 0.4) is 0 Å². The molecular formula is C11H23NO2S. The van der Waals surface area contributed by atoms with Crippen molar-refractivity contribution in [3.63, 3.8) is 0 Å². The lowest BCUT2D eigenvalue weighted by molar-refractivity contribution is 0.186. The van der Waals surface area contributed by atoms with Gasteiger partial charge in [-0.25, -0.2) is 0 Å². The molecule has 0 bridgehead atoms. The Labute approximate surface area is 95.2 Å². The van der Waals surface area contributed by atoms with Gasteiger partial charge < -0.3 is 10.5 Å². The predicted molar refractivity (Wildman–Crippen MR) is 64.3 cm³/mol. The molecular weight excluding hydrogens is 210 g/mol. The van der Waals surface area contributed by atoms with E-state index in [1.807, 2.05) is 0 Å². The maximum absolute atomic E-state index is 12.0. The largest absolute Gasteiger partial charge is 0.383 e. The summed E-state index contributed by atoms with van der Waals surface area (Å²) in [5.74, 6) is 1.32. The first kappa shape index (κ1) is 13.1. The van der Waals surface area contributed by atoms with Crippen molar-refractivity contribution in [3.8, 4) is 0 Å². The third kappa shape index (κ3) is 4.62. The Morgan fingerprint density at radius 2 is 2.27 bits per heavy atom. The smallest absolute Gasteiger partial charge is 0.0622 e. The fourth-order valence-electron chi connectivity index (χ4n) is 2.23. The zero-order valence-corrected chi connectivity index (χ0v) is 10.6. The van der Waals surface area contributed by atoms with Gasteiger partial charge in [0.05, 0.1) is 6.61 Å². The van der Waals surface area contributed by atoms with E-state index in [9.17, 15) is 4.21 Å². The summed E-state index contributed by atoms with van der Waals surface area (Å²) < 4.78 is 17.0. The molecule has 1 aliphatic rings. The molecule has 15 heavy (non-hydrogen) atoms. The minimum absolute atomic E-state index is 0.0759. The van der Waals surface area contributed by atoms with Crippen LogP contribution in [0, 0.1) is 5.92 Å². The fourth-order valence-corrected chi connectivity index (χ4v) is 3.99. The minimum Gasteiger partial charge on any atom is -0.383 e. The highest BCUT2D eigenvalue weighted by atomic mass is 32.2. The van der Waals surface area contributed by atoms with Crippen LogP contribution in [-0.4, -0.2) is 35.0 Å². The fraction of sp³-hybridized carbons (Fsp3) is 1.00. The summed E-state index contributed by atoms with van der Waals surface area (Å²) in [4.78, 5) is 0. The van der Waals surface area contributed by atoms with Crippen LogP contribution in [0.1, 0.15) is 32.6 Å². The van der Waals surface area contributed by atoms with Crippen molar-refractivity contribution in [2.24, 2.45) is 11.7 Å². The predicted octanol–water partition coefficient (Wildman–Crippen LogP) is 1.29. The number of hydrogen-bond donors (Lipinski definition) is 1. The highest BCUT2D eigenvalue weighted by Gasteiger charge is 2.24. The van der Waals surface area contributed by atoms with Crippen LogP contribution < -0.4 is 5.73 Å². The Hall–Kier alpha value is 0.0700. The molecule has 0 aromatic heterocycles. The molecule has 4 unspecified atom stereocenters. The standard InChI is InChI=1S/C11H23NO2S/c1-9-4-3-5-11(6-9)15(13)8-10(12)7-14-2/h9-11H,3-8,12H2,1-2H3. The Kier molecular flexibility index (Phi) is 5.79. The van der Waals surface area contributed by atoms with Gasteiger partial charge in [-0.05, 0) is 18.8 Å². The van der Waals surface area contributed by atoms with E-state index in [0.29, 0.717) is 17.6 Å². The van der Waals surface area contributed by atoms with Crippen LogP contribution in [0.25, 0.3) is 0 Å². The van der Waals surface area contributed by atoms with Crippen molar-refractivity contribution < 1.29 is 8.95 Å². The maximum atomic E-state index is 12.0. The van der Waals surface area contributed by atoms with Crippen molar-refractivity contribution >= 4 is 10.8 Å². The van der Waals surface area contributed by atoms with E-state index < -0.39 is 10.8 Å². The molecule has 0 radical (unpaired) electrons. The lowest BCUT2D eigenvalue weighted by Crippen LogP contribution is -2.36. The Morgan fingerprint density at radius 1 is 1.53 bits per heavy atom. The second kappa shape index (κ2) is 6.61. The van der Waals surface area contributed by atoms with Crippen molar-refractivity contribution in [3.05, 3.63) is 0 Å². The lowest BCUT2D eigenvalue weighted by atomic mass is 9.91. The van der Waals surface area contributed by atoms with Crippen LogP contribution in [0.2, 0.25) is 0 Å². The molecule has 1 aliphatic carbocycles. The molecule has 1 saturated carbocycles.